The van der Waals surface area contributed by atoms with E-state index in [1.165, 1.54) is 16.5 Å². The van der Waals surface area contributed by atoms with Crippen LogP contribution in [-0.4, -0.2) is 66.2 Å². The number of aromatic nitrogens is 1. The topological polar surface area (TPSA) is 54.9 Å². The number of halogens is 3. The Morgan fingerprint density at radius 1 is 1.21 bits per heavy atom. The number of thiazole rings is 1. The van der Waals surface area contributed by atoms with Gasteiger partial charge in [-0.25, -0.2) is 4.98 Å². The maximum atomic E-state index is 12.9. The Labute approximate surface area is 195 Å². The molecule has 3 heterocycles. The van der Waals surface area contributed by atoms with Crippen molar-refractivity contribution in [3.63, 3.8) is 0 Å². The first-order valence-corrected chi connectivity index (χ1v) is 11.8. The summed E-state index contributed by atoms with van der Waals surface area (Å²) in [6, 6.07) is 4.40. The summed E-state index contributed by atoms with van der Waals surface area (Å²) < 4.78 is 49.4. The lowest BCUT2D eigenvalue weighted by Gasteiger charge is -2.38. The zero-order valence-electron chi connectivity index (χ0n) is 19.1. The zero-order valence-corrected chi connectivity index (χ0v) is 19.9. The summed E-state index contributed by atoms with van der Waals surface area (Å²) in [7, 11) is 1.64. The van der Waals surface area contributed by atoms with Crippen molar-refractivity contribution in [2.45, 2.75) is 51.5 Å². The van der Waals surface area contributed by atoms with Crippen LogP contribution in [0.1, 0.15) is 51.6 Å². The van der Waals surface area contributed by atoms with Crippen molar-refractivity contribution >= 4 is 17.2 Å². The molecule has 0 radical (unpaired) electrons. The van der Waals surface area contributed by atoms with Gasteiger partial charge in [-0.2, -0.15) is 13.2 Å². The molecule has 1 amide bonds. The van der Waals surface area contributed by atoms with Gasteiger partial charge in [-0.15, -0.1) is 11.3 Å². The maximum Gasteiger partial charge on any atom is 0.443 e. The van der Waals surface area contributed by atoms with Gasteiger partial charge in [0.25, 0.3) is 5.91 Å². The Kier molecular flexibility index (Phi) is 6.70. The molecule has 2 fully saturated rings. The van der Waals surface area contributed by atoms with Gasteiger partial charge in [0.05, 0.1) is 6.61 Å². The molecule has 1 aromatic carbocycles. The molecule has 2 saturated heterocycles. The van der Waals surface area contributed by atoms with Crippen molar-refractivity contribution < 1.29 is 27.4 Å². The first kappa shape index (κ1) is 24.0. The van der Waals surface area contributed by atoms with Gasteiger partial charge in [0.1, 0.15) is 18.1 Å². The van der Waals surface area contributed by atoms with E-state index in [9.17, 15) is 18.0 Å². The van der Waals surface area contributed by atoms with Crippen LogP contribution in [0, 0.1) is 13.8 Å². The number of piperazine rings is 1. The van der Waals surface area contributed by atoms with Crippen LogP contribution in [-0.2, 0) is 10.9 Å². The van der Waals surface area contributed by atoms with Gasteiger partial charge in [-0.05, 0) is 49.9 Å². The smallest absolute Gasteiger partial charge is 0.443 e. The highest BCUT2D eigenvalue weighted by molar-refractivity contribution is 7.09. The summed E-state index contributed by atoms with van der Waals surface area (Å²) in [6.45, 7) is 8.52. The standard InChI is InChI=1S/C23H28F3N3O3S/c1-13-14(2)20(32-8-7-31-4)6-5-18(13)15(3)28-10-17-9-16(28)11-29(17)21(30)19-12-33-22(27-19)23(24,25)26/h5-6,12,15-17H,7-11H2,1-4H3/t15-,16-,17-/m0/s1. The monoisotopic (exact) mass is 483 g/mol. The molecule has 2 aliphatic heterocycles. The van der Waals surface area contributed by atoms with Crippen LogP contribution in [0.15, 0.2) is 17.5 Å². The van der Waals surface area contributed by atoms with Gasteiger partial charge in [-0.1, -0.05) is 6.07 Å². The zero-order chi connectivity index (χ0) is 23.9. The number of methoxy groups -OCH3 is 1. The number of carbonyl (C=O) groups excluding carboxylic acids is 1. The first-order chi connectivity index (χ1) is 15.6. The number of hydrogen-bond donors (Lipinski definition) is 0. The Balaban J connectivity index is 1.43. The average molecular weight is 484 g/mol. The van der Waals surface area contributed by atoms with Crippen LogP contribution in [0.3, 0.4) is 0 Å². The minimum absolute atomic E-state index is 0.0148. The molecule has 0 N–H and O–H groups in total. The summed E-state index contributed by atoms with van der Waals surface area (Å²) in [5.41, 5.74) is 3.37. The molecule has 33 heavy (non-hydrogen) atoms. The van der Waals surface area contributed by atoms with E-state index in [1.54, 1.807) is 12.0 Å². The van der Waals surface area contributed by atoms with Crippen LogP contribution in [0.4, 0.5) is 13.2 Å². The van der Waals surface area contributed by atoms with Gasteiger partial charge in [-0.3, -0.25) is 9.69 Å². The van der Waals surface area contributed by atoms with Crippen molar-refractivity contribution in [2.75, 3.05) is 33.4 Å². The lowest BCUT2D eigenvalue weighted by atomic mass is 9.96. The summed E-state index contributed by atoms with van der Waals surface area (Å²) in [5, 5.41) is 0.228. The fraction of sp³-hybridized carbons (Fsp3) is 0.565. The molecule has 4 rings (SSSR count). The van der Waals surface area contributed by atoms with Crippen LogP contribution in [0.25, 0.3) is 0 Å². The second kappa shape index (κ2) is 9.23. The van der Waals surface area contributed by atoms with E-state index in [-0.39, 0.29) is 23.8 Å². The van der Waals surface area contributed by atoms with Crippen molar-refractivity contribution in [3.05, 3.63) is 44.9 Å². The van der Waals surface area contributed by atoms with Gasteiger partial charge in [0, 0.05) is 43.7 Å². The van der Waals surface area contributed by atoms with E-state index in [1.807, 2.05) is 13.0 Å². The SMILES string of the molecule is COCCOc1ccc([C@H](C)N2C[C@@H]3C[C@H]2CN3C(=O)c2csc(C(F)(F)F)n2)c(C)c1C. The number of likely N-dealkylation sites (tertiary alicyclic amines) is 2. The van der Waals surface area contributed by atoms with Gasteiger partial charge in [0.15, 0.2) is 5.01 Å². The van der Waals surface area contributed by atoms with Crippen LogP contribution in [0.5, 0.6) is 5.75 Å². The summed E-state index contributed by atoms with van der Waals surface area (Å²) >= 11 is 0.465. The number of hydrogen-bond acceptors (Lipinski definition) is 6. The molecule has 10 heteroatoms. The number of alkyl halides is 3. The van der Waals surface area contributed by atoms with Crippen LogP contribution < -0.4 is 4.74 Å². The highest BCUT2D eigenvalue weighted by Crippen LogP contribution is 2.40. The summed E-state index contributed by atoms with van der Waals surface area (Å²) in [4.78, 5) is 20.4. The van der Waals surface area contributed by atoms with Crippen molar-refractivity contribution in [2.24, 2.45) is 0 Å². The Bertz CT molecular complexity index is 1030. The molecule has 180 valence electrons. The van der Waals surface area contributed by atoms with Gasteiger partial charge >= 0.3 is 6.18 Å². The van der Waals surface area contributed by atoms with E-state index in [0.717, 1.165) is 17.7 Å². The number of rotatable bonds is 7. The van der Waals surface area contributed by atoms with E-state index in [0.29, 0.717) is 37.6 Å². The molecular formula is C23H28F3N3O3S. The third kappa shape index (κ3) is 4.61. The fourth-order valence-corrected chi connectivity index (χ4v) is 5.57. The summed E-state index contributed by atoms with van der Waals surface area (Å²) in [5.74, 6) is 0.438. The molecule has 0 saturated carbocycles. The predicted molar refractivity (Wildman–Crippen MR) is 119 cm³/mol. The minimum Gasteiger partial charge on any atom is -0.491 e. The van der Waals surface area contributed by atoms with Gasteiger partial charge < -0.3 is 14.4 Å². The number of benzene rings is 1. The molecule has 1 aromatic heterocycles. The third-order valence-corrected chi connectivity index (χ3v) is 7.67. The second-order valence-electron chi connectivity index (χ2n) is 8.65. The van der Waals surface area contributed by atoms with Gasteiger partial charge in [0.2, 0.25) is 0 Å². The maximum absolute atomic E-state index is 12.9. The first-order valence-electron chi connectivity index (χ1n) is 10.9. The predicted octanol–water partition coefficient (Wildman–Crippen LogP) is 4.46. The van der Waals surface area contributed by atoms with E-state index < -0.39 is 17.1 Å². The largest absolute Gasteiger partial charge is 0.491 e. The molecule has 2 aliphatic rings. The normalized spacial score (nSPS) is 21.6. The average Bonchev–Trinajstić information content (AvgIpc) is 3.51. The molecular weight excluding hydrogens is 455 g/mol. The molecule has 3 atom stereocenters. The molecule has 0 unspecified atom stereocenters. The van der Waals surface area contributed by atoms with Crippen molar-refractivity contribution in [1.29, 1.82) is 0 Å². The number of ether oxygens (including phenoxy) is 2. The molecule has 2 bridgehead atoms. The summed E-state index contributed by atoms with van der Waals surface area (Å²) in [6.07, 6.45) is -3.71. The molecule has 0 aliphatic carbocycles. The second-order valence-corrected chi connectivity index (χ2v) is 9.51. The quantitative estimate of drug-likeness (QED) is 0.544. The Hall–Kier alpha value is -2.17. The van der Waals surface area contributed by atoms with Crippen molar-refractivity contribution in [1.82, 2.24) is 14.8 Å². The van der Waals surface area contributed by atoms with E-state index in [2.05, 4.69) is 29.8 Å². The lowest BCUT2D eigenvalue weighted by Crippen LogP contribution is -2.49. The lowest BCUT2D eigenvalue weighted by molar-refractivity contribution is -0.137. The molecule has 2 aromatic rings. The Morgan fingerprint density at radius 2 is 1.97 bits per heavy atom. The highest BCUT2D eigenvalue weighted by atomic mass is 32.1. The Morgan fingerprint density at radius 3 is 2.58 bits per heavy atom. The fourth-order valence-electron chi connectivity index (χ4n) is 4.91. The third-order valence-electron chi connectivity index (χ3n) is 6.78. The van der Waals surface area contributed by atoms with E-state index >= 15 is 0 Å². The minimum atomic E-state index is -4.53. The van der Waals surface area contributed by atoms with Crippen LogP contribution in [0.2, 0.25) is 0 Å². The number of amides is 1. The number of fused-ring (bicyclic) bond motifs is 2. The number of nitrogens with zero attached hydrogens (tertiary/aromatic N) is 3. The van der Waals surface area contributed by atoms with Crippen LogP contribution >= 0.6 is 11.3 Å². The highest BCUT2D eigenvalue weighted by Gasteiger charge is 2.47. The molecule has 0 spiro atoms. The number of carbonyl (C=O) groups is 1. The van der Waals surface area contributed by atoms with Crippen molar-refractivity contribution in [3.8, 4) is 5.75 Å². The molecule has 6 nitrogen and oxygen atoms in total. The van der Waals surface area contributed by atoms with E-state index in [4.69, 9.17) is 9.47 Å².